The Morgan fingerprint density at radius 3 is 2.65 bits per heavy atom. The number of hydrogen-bond donors (Lipinski definition) is 2. The van der Waals surface area contributed by atoms with Crippen molar-refractivity contribution in [2.75, 3.05) is 18.4 Å². The van der Waals surface area contributed by atoms with Gasteiger partial charge in [0.05, 0.1) is 23.5 Å². The van der Waals surface area contributed by atoms with Crippen molar-refractivity contribution in [2.24, 2.45) is 5.92 Å². The molecule has 0 aliphatic heterocycles. The number of halogens is 4. The van der Waals surface area contributed by atoms with Gasteiger partial charge in [-0.05, 0) is 44.4 Å². The molecular weight excluding hydrogens is 369 g/mol. The van der Waals surface area contributed by atoms with E-state index < -0.39 is 11.7 Å². The molecule has 0 unspecified atom stereocenters. The zero-order valence-electron chi connectivity index (χ0n) is 14.1. The number of alkyl halides is 3. The highest BCUT2D eigenvalue weighted by Gasteiger charge is 2.34. The summed E-state index contributed by atoms with van der Waals surface area (Å²) < 4.78 is 40.9. The van der Waals surface area contributed by atoms with Gasteiger partial charge >= 0.3 is 6.18 Å². The van der Waals surface area contributed by atoms with E-state index in [1.807, 2.05) is 0 Å². The van der Waals surface area contributed by atoms with Crippen LogP contribution in [0.3, 0.4) is 0 Å². The van der Waals surface area contributed by atoms with Gasteiger partial charge in [-0.1, -0.05) is 12.1 Å². The van der Waals surface area contributed by atoms with Crippen LogP contribution in [-0.2, 0) is 11.0 Å². The molecular formula is C17H20ClF3N4O. The first kappa shape index (κ1) is 20.3. The molecule has 0 bridgehead atoms. The molecule has 1 aliphatic carbocycles. The lowest BCUT2D eigenvalue weighted by atomic mass is 10.1. The van der Waals surface area contributed by atoms with Crippen LogP contribution in [0.2, 0.25) is 0 Å². The highest BCUT2D eigenvalue weighted by atomic mass is 35.5. The number of hydrogen-bond acceptors (Lipinski definition) is 3. The van der Waals surface area contributed by atoms with Gasteiger partial charge in [-0.2, -0.15) is 18.3 Å². The number of nitrogens with one attached hydrogen (secondary N) is 2. The number of rotatable bonds is 6. The lowest BCUT2D eigenvalue weighted by Crippen LogP contribution is -2.30. The number of amides is 1. The molecule has 1 fully saturated rings. The Labute approximate surface area is 155 Å². The van der Waals surface area contributed by atoms with Crippen LogP contribution >= 0.6 is 12.4 Å². The van der Waals surface area contributed by atoms with E-state index in [2.05, 4.69) is 15.7 Å². The molecule has 1 saturated carbocycles. The van der Waals surface area contributed by atoms with Crippen LogP contribution in [-0.4, -0.2) is 28.8 Å². The Balaban J connectivity index is 0.00000243. The summed E-state index contributed by atoms with van der Waals surface area (Å²) in [5.41, 5.74) is -0.414. The summed E-state index contributed by atoms with van der Waals surface area (Å²) in [4.78, 5) is 12.1. The number of aromatic nitrogens is 2. The average Bonchev–Trinajstić information content (AvgIpc) is 3.29. The molecule has 9 heteroatoms. The monoisotopic (exact) mass is 388 g/mol. The molecule has 2 N–H and O–H groups in total. The SMILES string of the molecule is Cc1cc(NC(=O)CNCC2CC2)n(-c2ccccc2C(F)(F)F)n1.Cl. The maximum absolute atomic E-state index is 13.2. The second kappa shape index (κ2) is 8.09. The highest BCUT2D eigenvalue weighted by Crippen LogP contribution is 2.34. The summed E-state index contributed by atoms with van der Waals surface area (Å²) in [5.74, 6) is 0.540. The largest absolute Gasteiger partial charge is 0.418 e. The zero-order valence-corrected chi connectivity index (χ0v) is 15.0. The number of aryl methyl sites for hydroxylation is 1. The van der Waals surface area contributed by atoms with E-state index in [0.717, 1.165) is 17.3 Å². The van der Waals surface area contributed by atoms with Crippen molar-refractivity contribution >= 4 is 24.1 Å². The molecule has 1 aromatic carbocycles. The maximum atomic E-state index is 13.2. The minimum atomic E-state index is -4.51. The van der Waals surface area contributed by atoms with Gasteiger partial charge in [-0.15, -0.1) is 12.4 Å². The standard InChI is InChI=1S/C17H19F3N4O.ClH/c1-11-8-15(22-16(25)10-21-9-12-6-7-12)24(23-11)14-5-3-2-4-13(14)17(18,19)20;/h2-5,8,12,21H,6-7,9-10H2,1H3,(H,22,25);1H. The quantitative estimate of drug-likeness (QED) is 0.795. The second-order valence-electron chi connectivity index (χ2n) is 6.22. The summed E-state index contributed by atoms with van der Waals surface area (Å²) in [5, 5.41) is 9.79. The third kappa shape index (κ3) is 4.98. The summed E-state index contributed by atoms with van der Waals surface area (Å²) >= 11 is 0. The van der Waals surface area contributed by atoms with Gasteiger partial charge < -0.3 is 10.6 Å². The minimum Gasteiger partial charge on any atom is -0.309 e. The Kier molecular flexibility index (Phi) is 6.30. The van der Waals surface area contributed by atoms with E-state index in [0.29, 0.717) is 11.6 Å². The molecule has 3 rings (SSSR count). The Hall–Kier alpha value is -2.06. The van der Waals surface area contributed by atoms with Crippen molar-refractivity contribution in [3.8, 4) is 5.69 Å². The summed E-state index contributed by atoms with van der Waals surface area (Å²) in [7, 11) is 0. The number of benzene rings is 1. The van der Waals surface area contributed by atoms with Crippen LogP contribution in [0, 0.1) is 12.8 Å². The van der Waals surface area contributed by atoms with Crippen molar-refractivity contribution in [1.82, 2.24) is 15.1 Å². The molecule has 26 heavy (non-hydrogen) atoms. The van der Waals surface area contributed by atoms with Gasteiger partial charge in [-0.3, -0.25) is 4.79 Å². The van der Waals surface area contributed by atoms with Gasteiger partial charge in [0.25, 0.3) is 0 Å². The second-order valence-corrected chi connectivity index (χ2v) is 6.22. The van der Waals surface area contributed by atoms with Crippen LogP contribution < -0.4 is 10.6 Å². The number of carbonyl (C=O) groups is 1. The predicted molar refractivity (Wildman–Crippen MR) is 94.8 cm³/mol. The molecule has 5 nitrogen and oxygen atoms in total. The fraction of sp³-hybridized carbons (Fsp3) is 0.412. The number of nitrogens with zero attached hydrogens (tertiary/aromatic N) is 2. The molecule has 2 aromatic rings. The molecule has 1 amide bonds. The Morgan fingerprint density at radius 1 is 1.31 bits per heavy atom. The summed E-state index contributed by atoms with van der Waals surface area (Å²) in [6.45, 7) is 2.55. The lowest BCUT2D eigenvalue weighted by Gasteiger charge is -2.15. The third-order valence-electron chi connectivity index (χ3n) is 3.95. The summed E-state index contributed by atoms with van der Waals surface area (Å²) in [6, 6.07) is 6.70. The fourth-order valence-electron chi connectivity index (χ4n) is 2.57. The van der Waals surface area contributed by atoms with Crippen LogP contribution in [0.25, 0.3) is 5.69 Å². The van der Waals surface area contributed by atoms with Gasteiger partial charge in [0.2, 0.25) is 5.91 Å². The van der Waals surface area contributed by atoms with Crippen molar-refractivity contribution in [3.63, 3.8) is 0 Å². The van der Waals surface area contributed by atoms with E-state index in [1.165, 1.54) is 31.0 Å². The predicted octanol–water partition coefficient (Wildman–Crippen LogP) is 3.56. The van der Waals surface area contributed by atoms with Crippen LogP contribution in [0.1, 0.15) is 24.1 Å². The van der Waals surface area contributed by atoms with E-state index in [-0.39, 0.29) is 36.4 Å². The fourth-order valence-corrected chi connectivity index (χ4v) is 2.57. The zero-order chi connectivity index (χ0) is 18.0. The van der Waals surface area contributed by atoms with Gasteiger partial charge in [0, 0.05) is 6.07 Å². The number of para-hydroxylation sites is 1. The van der Waals surface area contributed by atoms with Crippen molar-refractivity contribution in [3.05, 3.63) is 41.6 Å². The van der Waals surface area contributed by atoms with Crippen molar-refractivity contribution in [1.29, 1.82) is 0 Å². The first-order chi connectivity index (χ1) is 11.8. The Morgan fingerprint density at radius 2 is 2.00 bits per heavy atom. The molecule has 0 radical (unpaired) electrons. The lowest BCUT2D eigenvalue weighted by molar-refractivity contribution is -0.137. The van der Waals surface area contributed by atoms with Crippen LogP contribution in [0.5, 0.6) is 0 Å². The van der Waals surface area contributed by atoms with Gasteiger partial charge in [0.1, 0.15) is 5.82 Å². The molecule has 0 saturated heterocycles. The number of carbonyl (C=O) groups excluding carboxylic acids is 1. The topological polar surface area (TPSA) is 59.0 Å². The molecule has 1 aromatic heterocycles. The number of anilines is 1. The first-order valence-electron chi connectivity index (χ1n) is 8.08. The van der Waals surface area contributed by atoms with Crippen molar-refractivity contribution < 1.29 is 18.0 Å². The average molecular weight is 389 g/mol. The maximum Gasteiger partial charge on any atom is 0.418 e. The first-order valence-corrected chi connectivity index (χ1v) is 8.08. The van der Waals surface area contributed by atoms with Crippen LogP contribution in [0.15, 0.2) is 30.3 Å². The minimum absolute atomic E-state index is 0. The molecule has 0 spiro atoms. The molecule has 0 atom stereocenters. The molecule has 1 aliphatic rings. The van der Waals surface area contributed by atoms with E-state index in [9.17, 15) is 18.0 Å². The Bertz CT molecular complexity index is 772. The normalized spacial score (nSPS) is 14.0. The smallest absolute Gasteiger partial charge is 0.309 e. The van der Waals surface area contributed by atoms with E-state index >= 15 is 0 Å². The van der Waals surface area contributed by atoms with Gasteiger partial charge in [-0.25, -0.2) is 4.68 Å². The van der Waals surface area contributed by atoms with E-state index in [1.54, 1.807) is 13.0 Å². The van der Waals surface area contributed by atoms with Crippen LogP contribution in [0.4, 0.5) is 19.0 Å². The van der Waals surface area contributed by atoms with Gasteiger partial charge in [0.15, 0.2) is 0 Å². The van der Waals surface area contributed by atoms with E-state index in [4.69, 9.17) is 0 Å². The molecule has 1 heterocycles. The highest BCUT2D eigenvalue weighted by molar-refractivity contribution is 5.91. The van der Waals surface area contributed by atoms with Crippen molar-refractivity contribution in [2.45, 2.75) is 25.9 Å². The third-order valence-corrected chi connectivity index (χ3v) is 3.95. The molecule has 142 valence electrons. The summed E-state index contributed by atoms with van der Waals surface area (Å²) in [6.07, 6.45) is -2.16.